The lowest BCUT2D eigenvalue weighted by molar-refractivity contribution is -0.690. The number of hydrogen-bond acceptors (Lipinski definition) is 1. The topological polar surface area (TPSA) is 33.0 Å². The molecule has 1 aromatic carbocycles. The highest BCUT2D eigenvalue weighted by molar-refractivity contribution is 5.75. The van der Waals surface area contributed by atoms with E-state index in [0.29, 0.717) is 6.54 Å². The minimum absolute atomic E-state index is 0.0837. The molecule has 3 heteroatoms. The summed E-state index contributed by atoms with van der Waals surface area (Å²) in [5.74, 6) is 0.0837. The number of pyridine rings is 1. The number of hydrogen-bond donors (Lipinski definition) is 1. The maximum absolute atomic E-state index is 12.4. The van der Waals surface area contributed by atoms with E-state index in [-0.39, 0.29) is 11.9 Å². The summed E-state index contributed by atoms with van der Waals surface area (Å²) in [4.78, 5) is 12.4. The number of rotatable bonds is 3. The minimum Gasteiger partial charge on any atom is -0.344 e. The smallest absolute Gasteiger partial charge is 0.286 e. The first-order valence-corrected chi connectivity index (χ1v) is 7.98. The summed E-state index contributed by atoms with van der Waals surface area (Å²) >= 11 is 0. The molecule has 1 heterocycles. The van der Waals surface area contributed by atoms with Gasteiger partial charge in [0.05, 0.1) is 6.04 Å². The summed E-state index contributed by atoms with van der Waals surface area (Å²) in [5, 5.41) is 3.21. The van der Waals surface area contributed by atoms with Gasteiger partial charge >= 0.3 is 0 Å². The minimum atomic E-state index is 0.0837. The molecular weight excluding hydrogens is 272 g/mol. The molecule has 1 aliphatic rings. The van der Waals surface area contributed by atoms with Crippen LogP contribution in [0.5, 0.6) is 0 Å². The van der Waals surface area contributed by atoms with Crippen LogP contribution in [0.3, 0.4) is 0 Å². The summed E-state index contributed by atoms with van der Waals surface area (Å²) in [6, 6.07) is 12.7. The molecule has 0 unspecified atom stereocenters. The molecule has 1 aliphatic carbocycles. The lowest BCUT2D eigenvalue weighted by atomic mass is 9.88. The average molecular weight is 295 g/mol. The summed E-state index contributed by atoms with van der Waals surface area (Å²) in [6.45, 7) is 4.51. The van der Waals surface area contributed by atoms with Gasteiger partial charge in [-0.25, -0.2) is 0 Å². The molecule has 1 amide bonds. The van der Waals surface area contributed by atoms with E-state index in [1.54, 1.807) is 0 Å². The van der Waals surface area contributed by atoms with Crippen molar-refractivity contribution in [3.05, 3.63) is 65.0 Å². The van der Waals surface area contributed by atoms with Crippen molar-refractivity contribution >= 4 is 5.91 Å². The number of benzene rings is 1. The van der Waals surface area contributed by atoms with E-state index in [2.05, 4.69) is 49.5 Å². The Kier molecular flexibility index (Phi) is 4.23. The van der Waals surface area contributed by atoms with Gasteiger partial charge in [-0.3, -0.25) is 4.79 Å². The fourth-order valence-corrected chi connectivity index (χ4v) is 3.22. The third-order valence-corrected chi connectivity index (χ3v) is 4.63. The van der Waals surface area contributed by atoms with Crippen LogP contribution >= 0.6 is 0 Å². The predicted octanol–water partition coefficient (Wildman–Crippen LogP) is 2.78. The highest BCUT2D eigenvalue weighted by atomic mass is 16.2. The zero-order chi connectivity index (χ0) is 15.5. The maximum atomic E-state index is 12.4. The molecule has 3 rings (SSSR count). The first-order valence-electron chi connectivity index (χ1n) is 7.98. The van der Waals surface area contributed by atoms with Crippen LogP contribution in [-0.4, -0.2) is 5.91 Å². The Bertz CT molecular complexity index is 694. The van der Waals surface area contributed by atoms with Gasteiger partial charge < -0.3 is 5.32 Å². The summed E-state index contributed by atoms with van der Waals surface area (Å²) in [5.41, 5.74) is 5.01. The van der Waals surface area contributed by atoms with Crippen LogP contribution in [0.25, 0.3) is 0 Å². The van der Waals surface area contributed by atoms with Crippen LogP contribution in [0, 0.1) is 13.8 Å². The average Bonchev–Trinajstić information content (AvgIpc) is 2.52. The van der Waals surface area contributed by atoms with E-state index in [4.69, 9.17) is 0 Å². The third-order valence-electron chi connectivity index (χ3n) is 4.63. The molecule has 0 radical (unpaired) electrons. The Morgan fingerprint density at radius 3 is 2.91 bits per heavy atom. The lowest BCUT2D eigenvalue weighted by Crippen LogP contribution is -2.46. The number of nitrogens with one attached hydrogen (secondary N) is 1. The maximum Gasteiger partial charge on any atom is 0.286 e. The van der Waals surface area contributed by atoms with E-state index in [1.165, 1.54) is 16.7 Å². The Hall–Kier alpha value is -2.16. The van der Waals surface area contributed by atoms with Gasteiger partial charge in [0.2, 0.25) is 6.54 Å². The standard InChI is InChI=1S/C19H22N2O/c1-14-7-6-12-21(15(14)2)13-19(22)20-18-11-5-9-16-8-3-4-10-17(16)18/h3-4,6-8,10,12,18H,5,9,11,13H2,1-2H3/p+1/t18-/m0/s1. The third kappa shape index (κ3) is 3.03. The molecule has 2 aromatic rings. The van der Waals surface area contributed by atoms with Crippen molar-refractivity contribution < 1.29 is 9.36 Å². The zero-order valence-corrected chi connectivity index (χ0v) is 13.3. The molecule has 0 saturated carbocycles. The van der Waals surface area contributed by atoms with Crippen molar-refractivity contribution in [3.8, 4) is 0 Å². The van der Waals surface area contributed by atoms with Gasteiger partial charge in [0.15, 0.2) is 11.9 Å². The number of carbonyl (C=O) groups is 1. The largest absolute Gasteiger partial charge is 0.344 e. The van der Waals surface area contributed by atoms with Gasteiger partial charge in [-0.2, -0.15) is 4.57 Å². The van der Waals surface area contributed by atoms with E-state index in [0.717, 1.165) is 25.0 Å². The van der Waals surface area contributed by atoms with E-state index in [9.17, 15) is 4.79 Å². The van der Waals surface area contributed by atoms with Crippen molar-refractivity contribution in [2.75, 3.05) is 0 Å². The van der Waals surface area contributed by atoms with Crippen molar-refractivity contribution in [1.29, 1.82) is 0 Å². The van der Waals surface area contributed by atoms with Crippen molar-refractivity contribution in [3.63, 3.8) is 0 Å². The Labute approximate surface area is 132 Å². The molecular formula is C19H23N2O+. The first-order chi connectivity index (χ1) is 10.6. The molecule has 3 nitrogen and oxygen atoms in total. The van der Waals surface area contributed by atoms with Crippen molar-refractivity contribution in [2.45, 2.75) is 45.7 Å². The highest BCUT2D eigenvalue weighted by Crippen LogP contribution is 2.29. The second kappa shape index (κ2) is 6.30. The highest BCUT2D eigenvalue weighted by Gasteiger charge is 2.23. The van der Waals surface area contributed by atoms with Crippen molar-refractivity contribution in [1.82, 2.24) is 5.32 Å². The number of amides is 1. The van der Waals surface area contributed by atoms with Gasteiger partial charge in [-0.1, -0.05) is 24.3 Å². The number of nitrogens with zero attached hydrogens (tertiary/aromatic N) is 1. The second-order valence-electron chi connectivity index (χ2n) is 6.12. The second-order valence-corrected chi connectivity index (χ2v) is 6.12. The van der Waals surface area contributed by atoms with Gasteiger partial charge in [-0.15, -0.1) is 0 Å². The summed E-state index contributed by atoms with van der Waals surface area (Å²) in [7, 11) is 0. The van der Waals surface area contributed by atoms with E-state index < -0.39 is 0 Å². The van der Waals surface area contributed by atoms with E-state index in [1.807, 2.05) is 16.8 Å². The number of aromatic nitrogens is 1. The molecule has 0 saturated heterocycles. The van der Waals surface area contributed by atoms with Crippen LogP contribution < -0.4 is 9.88 Å². The Morgan fingerprint density at radius 1 is 1.23 bits per heavy atom. The van der Waals surface area contributed by atoms with Crippen molar-refractivity contribution in [2.24, 2.45) is 0 Å². The number of fused-ring (bicyclic) bond motifs is 1. The van der Waals surface area contributed by atoms with Crippen LogP contribution in [-0.2, 0) is 17.8 Å². The molecule has 0 fully saturated rings. The normalized spacial score (nSPS) is 16.9. The molecule has 1 atom stereocenters. The lowest BCUT2D eigenvalue weighted by Gasteiger charge is -2.25. The Morgan fingerprint density at radius 2 is 2.05 bits per heavy atom. The molecule has 1 N–H and O–H groups in total. The summed E-state index contributed by atoms with van der Waals surface area (Å²) < 4.78 is 2.01. The molecule has 0 aliphatic heterocycles. The van der Waals surface area contributed by atoms with Crippen LogP contribution in [0.2, 0.25) is 0 Å². The SMILES string of the molecule is Cc1ccc[n+](CC(=O)N[C@H]2CCCc3ccccc32)c1C. The Balaban J connectivity index is 1.72. The molecule has 1 aromatic heterocycles. The van der Waals surface area contributed by atoms with Gasteiger partial charge in [0, 0.05) is 18.6 Å². The molecule has 22 heavy (non-hydrogen) atoms. The van der Waals surface area contributed by atoms with Crippen LogP contribution in [0.4, 0.5) is 0 Å². The summed E-state index contributed by atoms with van der Waals surface area (Å²) in [6.07, 6.45) is 5.25. The van der Waals surface area contributed by atoms with Crippen LogP contribution in [0.15, 0.2) is 42.6 Å². The molecule has 114 valence electrons. The monoisotopic (exact) mass is 295 g/mol. The number of carbonyl (C=O) groups excluding carboxylic acids is 1. The number of aryl methyl sites for hydroxylation is 2. The fourth-order valence-electron chi connectivity index (χ4n) is 3.22. The fraction of sp³-hybridized carbons (Fsp3) is 0.368. The first kappa shape index (κ1) is 14.8. The van der Waals surface area contributed by atoms with Gasteiger partial charge in [0.25, 0.3) is 5.91 Å². The molecule has 0 spiro atoms. The quantitative estimate of drug-likeness (QED) is 0.868. The molecule has 0 bridgehead atoms. The van der Waals surface area contributed by atoms with Gasteiger partial charge in [-0.05, 0) is 43.4 Å². The van der Waals surface area contributed by atoms with Crippen LogP contribution in [0.1, 0.15) is 41.3 Å². The van der Waals surface area contributed by atoms with E-state index >= 15 is 0 Å². The predicted molar refractivity (Wildman–Crippen MR) is 86.4 cm³/mol. The zero-order valence-electron chi connectivity index (χ0n) is 13.3. The van der Waals surface area contributed by atoms with Gasteiger partial charge in [0.1, 0.15) is 0 Å².